The zero-order chi connectivity index (χ0) is 29.3. The van der Waals surface area contributed by atoms with Crippen LogP contribution in [0.25, 0.3) is 0 Å². The first-order valence-corrected chi connectivity index (χ1v) is 14.9. The smallest absolute Gasteiger partial charge is 0.271 e. The lowest BCUT2D eigenvalue weighted by Gasteiger charge is -2.32. The number of nitro benzene ring substituents is 1. The summed E-state index contributed by atoms with van der Waals surface area (Å²) in [5, 5.41) is 14.3. The van der Waals surface area contributed by atoms with Crippen LogP contribution in [0.1, 0.15) is 32.3 Å². The molecule has 212 valence electrons. The molecular weight excluding hydrogens is 600 g/mol. The van der Waals surface area contributed by atoms with E-state index in [1.807, 2.05) is 6.92 Å². The predicted octanol–water partition coefficient (Wildman–Crippen LogP) is 4.89. The molecular formula is C28H31BrN4O6S. The number of nitrogens with zero attached hydrogens (tertiary/aromatic N) is 3. The molecule has 3 aromatic rings. The van der Waals surface area contributed by atoms with Gasteiger partial charge >= 0.3 is 0 Å². The van der Waals surface area contributed by atoms with E-state index in [1.54, 1.807) is 49.4 Å². The molecule has 0 aliphatic heterocycles. The molecule has 1 N–H and O–H groups in total. The topological polar surface area (TPSA) is 130 Å². The highest BCUT2D eigenvalue weighted by atomic mass is 79.9. The van der Waals surface area contributed by atoms with Gasteiger partial charge in [-0.15, -0.1) is 0 Å². The minimum atomic E-state index is -4.31. The molecule has 0 aromatic heterocycles. The number of carbonyl (C=O) groups excluding carboxylic acids is 2. The van der Waals surface area contributed by atoms with Crippen LogP contribution in [0.5, 0.6) is 0 Å². The van der Waals surface area contributed by atoms with E-state index in [4.69, 9.17) is 0 Å². The predicted molar refractivity (Wildman–Crippen MR) is 156 cm³/mol. The Morgan fingerprint density at radius 3 is 2.33 bits per heavy atom. The van der Waals surface area contributed by atoms with E-state index in [-0.39, 0.29) is 28.7 Å². The number of non-ortho nitro benzene ring substituents is 1. The number of sulfonamides is 1. The number of hydrogen-bond acceptors (Lipinski definition) is 6. The number of anilines is 1. The van der Waals surface area contributed by atoms with Crippen LogP contribution < -0.4 is 9.62 Å². The summed E-state index contributed by atoms with van der Waals surface area (Å²) in [7, 11) is -4.31. The highest BCUT2D eigenvalue weighted by molar-refractivity contribution is 9.10. The summed E-state index contributed by atoms with van der Waals surface area (Å²) in [6.07, 6.45) is 1.65. The quantitative estimate of drug-likeness (QED) is 0.163. The van der Waals surface area contributed by atoms with Crippen LogP contribution in [0.2, 0.25) is 0 Å². The molecule has 40 heavy (non-hydrogen) atoms. The van der Waals surface area contributed by atoms with E-state index in [0.717, 1.165) is 33.2 Å². The van der Waals surface area contributed by atoms with Crippen molar-refractivity contribution in [3.8, 4) is 0 Å². The van der Waals surface area contributed by atoms with Gasteiger partial charge in [-0.05, 0) is 49.2 Å². The van der Waals surface area contributed by atoms with Crippen LogP contribution in [-0.4, -0.2) is 49.2 Å². The molecule has 0 bridgehead atoms. The van der Waals surface area contributed by atoms with Gasteiger partial charge in [0.05, 0.1) is 15.5 Å². The zero-order valence-electron chi connectivity index (χ0n) is 22.2. The molecule has 0 spiro atoms. The maximum absolute atomic E-state index is 13.9. The normalized spacial score (nSPS) is 11.9. The highest BCUT2D eigenvalue weighted by Crippen LogP contribution is 2.27. The average Bonchev–Trinajstić information content (AvgIpc) is 2.95. The van der Waals surface area contributed by atoms with Gasteiger partial charge in [-0.3, -0.25) is 24.0 Å². The molecule has 1 atom stereocenters. The third-order valence-corrected chi connectivity index (χ3v) is 8.52. The third-order valence-electron chi connectivity index (χ3n) is 6.20. The molecule has 2 amide bonds. The number of halogens is 1. The van der Waals surface area contributed by atoms with Gasteiger partial charge in [0.1, 0.15) is 12.6 Å². The molecule has 0 fully saturated rings. The van der Waals surface area contributed by atoms with Crippen LogP contribution in [0.15, 0.2) is 88.2 Å². The van der Waals surface area contributed by atoms with E-state index < -0.39 is 33.4 Å². The third kappa shape index (κ3) is 7.89. The minimum Gasteiger partial charge on any atom is -0.354 e. The van der Waals surface area contributed by atoms with Crippen LogP contribution in [0.3, 0.4) is 0 Å². The van der Waals surface area contributed by atoms with Crippen molar-refractivity contribution in [3.05, 3.63) is 99.0 Å². The summed E-state index contributed by atoms with van der Waals surface area (Å²) in [5.41, 5.74) is 0.362. The Morgan fingerprint density at radius 1 is 1.02 bits per heavy atom. The first-order valence-electron chi connectivity index (χ1n) is 12.7. The molecule has 0 radical (unpaired) electrons. The number of unbranched alkanes of at least 4 members (excludes halogenated alkanes) is 1. The molecule has 0 saturated heterocycles. The largest absolute Gasteiger partial charge is 0.354 e. The van der Waals surface area contributed by atoms with Crippen molar-refractivity contribution in [2.24, 2.45) is 0 Å². The van der Waals surface area contributed by atoms with Gasteiger partial charge < -0.3 is 10.2 Å². The number of amides is 2. The van der Waals surface area contributed by atoms with Gasteiger partial charge in [-0.1, -0.05) is 65.7 Å². The number of carbonyl (C=O) groups is 2. The standard InChI is InChI=1S/C28H31BrN4O6S/c1-3-4-17-30-28(35)21(2)31(19-22-13-15-23(29)16-14-22)27(34)20-32(24-9-8-10-25(18-24)33(36)37)40(38,39)26-11-6-5-7-12-26/h5-16,18,21H,3-4,17,19-20H2,1-2H3,(H,30,35). The van der Waals surface area contributed by atoms with E-state index >= 15 is 0 Å². The van der Waals surface area contributed by atoms with Crippen molar-refractivity contribution in [2.45, 2.75) is 44.2 Å². The van der Waals surface area contributed by atoms with Gasteiger partial charge in [-0.25, -0.2) is 8.42 Å². The fourth-order valence-corrected chi connectivity index (χ4v) is 5.61. The number of nitrogens with one attached hydrogen (secondary N) is 1. The lowest BCUT2D eigenvalue weighted by atomic mass is 10.1. The van der Waals surface area contributed by atoms with Gasteiger partial charge in [0.15, 0.2) is 0 Å². The summed E-state index contributed by atoms with van der Waals surface area (Å²) in [5.74, 6) is -1.02. The summed E-state index contributed by atoms with van der Waals surface area (Å²) in [4.78, 5) is 38.9. The number of hydrogen-bond donors (Lipinski definition) is 1. The first-order chi connectivity index (χ1) is 19.0. The fraction of sp³-hybridized carbons (Fsp3) is 0.286. The first kappa shape index (κ1) is 30.8. The van der Waals surface area contributed by atoms with Gasteiger partial charge in [-0.2, -0.15) is 0 Å². The highest BCUT2D eigenvalue weighted by Gasteiger charge is 2.33. The molecule has 1 unspecified atom stereocenters. The second-order valence-corrected chi connectivity index (χ2v) is 11.8. The Morgan fingerprint density at radius 2 is 1.70 bits per heavy atom. The minimum absolute atomic E-state index is 0.0443. The molecule has 12 heteroatoms. The van der Waals surface area contributed by atoms with Gasteiger partial charge in [0.25, 0.3) is 15.7 Å². The van der Waals surface area contributed by atoms with Crippen molar-refractivity contribution in [2.75, 3.05) is 17.4 Å². The van der Waals surface area contributed by atoms with Crippen molar-refractivity contribution >= 4 is 49.1 Å². The molecule has 0 aliphatic carbocycles. The van der Waals surface area contributed by atoms with E-state index in [2.05, 4.69) is 21.2 Å². The van der Waals surface area contributed by atoms with Crippen LogP contribution in [0.4, 0.5) is 11.4 Å². The van der Waals surface area contributed by atoms with E-state index in [0.29, 0.717) is 6.54 Å². The van der Waals surface area contributed by atoms with Crippen LogP contribution >= 0.6 is 15.9 Å². The maximum atomic E-state index is 13.9. The van der Waals surface area contributed by atoms with Crippen molar-refractivity contribution in [1.82, 2.24) is 10.2 Å². The second-order valence-electron chi connectivity index (χ2n) is 9.07. The van der Waals surface area contributed by atoms with E-state index in [9.17, 15) is 28.1 Å². The SMILES string of the molecule is CCCCNC(=O)C(C)N(Cc1ccc(Br)cc1)C(=O)CN(c1cccc([N+](=O)[O-])c1)S(=O)(=O)c1ccccc1. The number of benzene rings is 3. The molecule has 3 rings (SSSR count). The molecule has 0 aliphatic rings. The second kappa shape index (κ2) is 14.0. The van der Waals surface area contributed by atoms with Crippen molar-refractivity contribution in [3.63, 3.8) is 0 Å². The zero-order valence-corrected chi connectivity index (χ0v) is 24.6. The fourth-order valence-electron chi connectivity index (χ4n) is 3.92. The maximum Gasteiger partial charge on any atom is 0.271 e. The molecule has 10 nitrogen and oxygen atoms in total. The Kier molecular flexibility index (Phi) is 10.8. The molecule has 0 heterocycles. The summed E-state index contributed by atoms with van der Waals surface area (Å²) < 4.78 is 29.2. The monoisotopic (exact) mass is 630 g/mol. The Bertz CT molecular complexity index is 1430. The molecule has 0 saturated carbocycles. The van der Waals surface area contributed by atoms with E-state index in [1.165, 1.54) is 35.2 Å². The number of nitro groups is 1. The van der Waals surface area contributed by atoms with Gasteiger partial charge in [0, 0.05) is 29.7 Å². The average molecular weight is 632 g/mol. The van der Waals surface area contributed by atoms with Gasteiger partial charge in [0.2, 0.25) is 11.8 Å². The Hall–Kier alpha value is -3.77. The van der Waals surface area contributed by atoms with Crippen molar-refractivity contribution < 1.29 is 22.9 Å². The number of rotatable bonds is 13. The Labute approximate surface area is 242 Å². The lowest BCUT2D eigenvalue weighted by Crippen LogP contribution is -2.51. The van der Waals surface area contributed by atoms with Crippen molar-refractivity contribution in [1.29, 1.82) is 0 Å². The Balaban J connectivity index is 2.02. The lowest BCUT2D eigenvalue weighted by molar-refractivity contribution is -0.384. The summed E-state index contributed by atoms with van der Waals surface area (Å²) >= 11 is 3.38. The summed E-state index contributed by atoms with van der Waals surface area (Å²) in [6, 6.07) is 18.9. The summed E-state index contributed by atoms with van der Waals surface area (Å²) in [6.45, 7) is 3.39. The van der Waals surface area contributed by atoms with Crippen LogP contribution in [-0.2, 0) is 26.2 Å². The molecule has 3 aromatic carbocycles. The van der Waals surface area contributed by atoms with Crippen LogP contribution in [0, 0.1) is 10.1 Å².